The number of thiazole rings is 1. The monoisotopic (exact) mass is 292 g/mol. The minimum Gasteiger partial charge on any atom is -0.294 e. The van der Waals surface area contributed by atoms with Crippen LogP contribution in [0.25, 0.3) is 4.96 Å². The standard InChI is InChI=1S/C17H28N2S/c1-5-9-10-14(8-4)15-16(13(6-2)7-3)20-17-18-11-12-19(15)17/h11-14H,5-10H2,1-4H3. The van der Waals surface area contributed by atoms with Gasteiger partial charge in [-0.15, -0.1) is 11.3 Å². The van der Waals surface area contributed by atoms with Gasteiger partial charge >= 0.3 is 0 Å². The summed E-state index contributed by atoms with van der Waals surface area (Å²) < 4.78 is 2.36. The van der Waals surface area contributed by atoms with E-state index < -0.39 is 0 Å². The molecule has 2 heterocycles. The van der Waals surface area contributed by atoms with E-state index in [9.17, 15) is 0 Å². The quantitative estimate of drug-likeness (QED) is 0.584. The van der Waals surface area contributed by atoms with E-state index in [2.05, 4.69) is 43.3 Å². The van der Waals surface area contributed by atoms with Crippen LogP contribution in [0.3, 0.4) is 0 Å². The Morgan fingerprint density at radius 3 is 2.40 bits per heavy atom. The summed E-state index contributed by atoms with van der Waals surface area (Å²) in [7, 11) is 0. The van der Waals surface area contributed by atoms with Crippen molar-refractivity contribution in [2.45, 2.75) is 78.1 Å². The highest BCUT2D eigenvalue weighted by molar-refractivity contribution is 7.17. The van der Waals surface area contributed by atoms with Crippen molar-refractivity contribution in [3.05, 3.63) is 23.0 Å². The van der Waals surface area contributed by atoms with E-state index in [1.54, 1.807) is 10.6 Å². The van der Waals surface area contributed by atoms with Crippen LogP contribution < -0.4 is 0 Å². The molecule has 0 fully saturated rings. The first-order valence-corrected chi connectivity index (χ1v) is 9.03. The highest BCUT2D eigenvalue weighted by atomic mass is 32.1. The van der Waals surface area contributed by atoms with Gasteiger partial charge in [-0.05, 0) is 31.6 Å². The van der Waals surface area contributed by atoms with E-state index in [0.717, 1.165) is 0 Å². The number of aromatic nitrogens is 2. The molecular weight excluding hydrogens is 264 g/mol. The summed E-state index contributed by atoms with van der Waals surface area (Å²) in [6, 6.07) is 0. The Morgan fingerprint density at radius 2 is 1.80 bits per heavy atom. The predicted octanol–water partition coefficient (Wildman–Crippen LogP) is 5.98. The summed E-state index contributed by atoms with van der Waals surface area (Å²) in [4.78, 5) is 7.31. The zero-order chi connectivity index (χ0) is 14.5. The van der Waals surface area contributed by atoms with Gasteiger partial charge in [0.15, 0.2) is 4.96 Å². The molecule has 2 rings (SSSR count). The molecule has 0 N–H and O–H groups in total. The van der Waals surface area contributed by atoms with E-state index in [4.69, 9.17) is 0 Å². The van der Waals surface area contributed by atoms with E-state index in [0.29, 0.717) is 11.8 Å². The van der Waals surface area contributed by atoms with E-state index >= 15 is 0 Å². The lowest BCUT2D eigenvalue weighted by Crippen LogP contribution is -2.07. The molecule has 3 heteroatoms. The number of rotatable bonds is 8. The third-order valence-electron chi connectivity index (χ3n) is 4.46. The topological polar surface area (TPSA) is 17.3 Å². The van der Waals surface area contributed by atoms with Gasteiger partial charge in [0.1, 0.15) is 0 Å². The van der Waals surface area contributed by atoms with Gasteiger partial charge in [-0.1, -0.05) is 40.5 Å². The lowest BCUT2D eigenvalue weighted by molar-refractivity contribution is 0.539. The zero-order valence-electron chi connectivity index (χ0n) is 13.4. The van der Waals surface area contributed by atoms with Crippen molar-refractivity contribution >= 4 is 16.3 Å². The van der Waals surface area contributed by atoms with E-state index in [1.807, 2.05) is 17.5 Å². The van der Waals surface area contributed by atoms with Crippen molar-refractivity contribution in [2.24, 2.45) is 0 Å². The lowest BCUT2D eigenvalue weighted by Gasteiger charge is -2.20. The second-order valence-corrected chi connectivity index (χ2v) is 6.70. The Hall–Kier alpha value is -0.830. The molecule has 20 heavy (non-hydrogen) atoms. The van der Waals surface area contributed by atoms with Crippen molar-refractivity contribution in [1.82, 2.24) is 9.38 Å². The molecule has 0 saturated carbocycles. The average Bonchev–Trinajstić information content (AvgIpc) is 3.03. The molecule has 1 atom stereocenters. The maximum Gasteiger partial charge on any atom is 0.194 e. The highest BCUT2D eigenvalue weighted by Gasteiger charge is 2.24. The fourth-order valence-electron chi connectivity index (χ4n) is 3.15. The Balaban J connectivity index is 2.45. The summed E-state index contributed by atoms with van der Waals surface area (Å²) in [6.07, 6.45) is 11.7. The molecule has 0 aliphatic rings. The zero-order valence-corrected chi connectivity index (χ0v) is 14.2. The molecule has 2 aromatic rings. The van der Waals surface area contributed by atoms with Gasteiger partial charge in [-0.25, -0.2) is 4.98 Å². The number of hydrogen-bond acceptors (Lipinski definition) is 2. The van der Waals surface area contributed by atoms with Crippen LogP contribution in [0.5, 0.6) is 0 Å². The van der Waals surface area contributed by atoms with Crippen molar-refractivity contribution in [1.29, 1.82) is 0 Å². The molecule has 1 unspecified atom stereocenters. The first-order chi connectivity index (χ1) is 9.76. The first-order valence-electron chi connectivity index (χ1n) is 8.22. The second-order valence-electron chi connectivity index (χ2n) is 5.69. The third kappa shape index (κ3) is 2.93. The molecule has 112 valence electrons. The maximum absolute atomic E-state index is 4.53. The largest absolute Gasteiger partial charge is 0.294 e. The Morgan fingerprint density at radius 1 is 1.10 bits per heavy atom. The molecule has 2 nitrogen and oxygen atoms in total. The first kappa shape index (κ1) is 15.6. The SMILES string of the molecule is CCCCC(CC)c1c(C(CC)CC)sc2nccn12. The highest BCUT2D eigenvalue weighted by Crippen LogP contribution is 2.39. The van der Waals surface area contributed by atoms with Crippen LogP contribution in [0.1, 0.15) is 88.6 Å². The van der Waals surface area contributed by atoms with Gasteiger partial charge in [0.05, 0.1) is 0 Å². The maximum atomic E-state index is 4.53. The molecule has 0 spiro atoms. The van der Waals surface area contributed by atoms with Crippen LogP contribution in [0.2, 0.25) is 0 Å². The summed E-state index contributed by atoms with van der Waals surface area (Å²) in [5, 5.41) is 0. The molecule has 0 radical (unpaired) electrons. The molecule has 0 aliphatic carbocycles. The summed E-state index contributed by atoms with van der Waals surface area (Å²) in [5.74, 6) is 1.39. The summed E-state index contributed by atoms with van der Waals surface area (Å²) in [5.41, 5.74) is 1.56. The Labute approximate surface area is 127 Å². The molecule has 0 bridgehead atoms. The van der Waals surface area contributed by atoms with Crippen LogP contribution in [0, 0.1) is 0 Å². The number of nitrogens with zero attached hydrogens (tertiary/aromatic N) is 2. The fourth-order valence-corrected chi connectivity index (χ4v) is 4.59. The van der Waals surface area contributed by atoms with Gasteiger partial charge in [-0.3, -0.25) is 4.40 Å². The van der Waals surface area contributed by atoms with Crippen molar-refractivity contribution in [3.63, 3.8) is 0 Å². The second kappa shape index (κ2) is 7.26. The molecule has 0 aliphatic heterocycles. The van der Waals surface area contributed by atoms with Gasteiger partial charge in [-0.2, -0.15) is 0 Å². The molecule has 0 amide bonds. The van der Waals surface area contributed by atoms with Crippen LogP contribution >= 0.6 is 11.3 Å². The van der Waals surface area contributed by atoms with Gasteiger partial charge in [0.25, 0.3) is 0 Å². The minimum absolute atomic E-state index is 0.688. The van der Waals surface area contributed by atoms with Crippen LogP contribution in [0.4, 0.5) is 0 Å². The summed E-state index contributed by atoms with van der Waals surface area (Å²) in [6.45, 7) is 9.24. The molecular formula is C17H28N2S. The van der Waals surface area contributed by atoms with Crippen LogP contribution in [-0.2, 0) is 0 Å². The van der Waals surface area contributed by atoms with Crippen molar-refractivity contribution in [3.8, 4) is 0 Å². The number of unbranched alkanes of at least 4 members (excludes halogenated alkanes) is 1. The van der Waals surface area contributed by atoms with E-state index in [1.165, 1.54) is 43.5 Å². The van der Waals surface area contributed by atoms with Gasteiger partial charge in [0, 0.05) is 28.9 Å². The number of fused-ring (bicyclic) bond motifs is 1. The normalized spacial score (nSPS) is 13.4. The molecule has 0 aromatic carbocycles. The van der Waals surface area contributed by atoms with Crippen molar-refractivity contribution < 1.29 is 0 Å². The molecule has 0 saturated heterocycles. The molecule has 2 aromatic heterocycles. The fraction of sp³-hybridized carbons (Fsp3) is 0.706. The minimum atomic E-state index is 0.688. The Bertz CT molecular complexity index is 522. The number of imidazole rings is 1. The van der Waals surface area contributed by atoms with Crippen LogP contribution in [-0.4, -0.2) is 9.38 Å². The third-order valence-corrected chi connectivity index (χ3v) is 5.71. The average molecular weight is 292 g/mol. The van der Waals surface area contributed by atoms with Crippen molar-refractivity contribution in [2.75, 3.05) is 0 Å². The smallest absolute Gasteiger partial charge is 0.194 e. The van der Waals surface area contributed by atoms with Gasteiger partial charge < -0.3 is 0 Å². The Kier molecular flexibility index (Phi) is 5.64. The van der Waals surface area contributed by atoms with Gasteiger partial charge in [0.2, 0.25) is 0 Å². The number of hydrogen-bond donors (Lipinski definition) is 0. The summed E-state index contributed by atoms with van der Waals surface area (Å²) >= 11 is 1.92. The lowest BCUT2D eigenvalue weighted by atomic mass is 9.90. The predicted molar refractivity (Wildman–Crippen MR) is 88.9 cm³/mol. The van der Waals surface area contributed by atoms with Crippen LogP contribution in [0.15, 0.2) is 12.4 Å². The van der Waals surface area contributed by atoms with E-state index in [-0.39, 0.29) is 0 Å².